The van der Waals surface area contributed by atoms with Gasteiger partial charge in [0.1, 0.15) is 0 Å². The van der Waals surface area contributed by atoms with Gasteiger partial charge in [-0.3, -0.25) is 4.79 Å². The lowest BCUT2D eigenvalue weighted by atomic mass is 9.69. The number of thioether (sulfide) groups is 1. The van der Waals surface area contributed by atoms with Crippen LogP contribution in [0, 0.1) is 16.7 Å². The number of allylic oxidation sites excluding steroid dienone is 3. The van der Waals surface area contributed by atoms with Gasteiger partial charge in [0, 0.05) is 22.7 Å². The number of hydrogen-bond donors (Lipinski definition) is 1. The molecule has 3 nitrogen and oxygen atoms in total. The Kier molecular flexibility index (Phi) is 4.50. The van der Waals surface area contributed by atoms with Crippen LogP contribution in [0.1, 0.15) is 38.2 Å². The largest absolute Gasteiger partial charge is 0.352 e. The van der Waals surface area contributed by atoms with Crippen LogP contribution in [0.15, 0.2) is 46.1 Å². The predicted molar refractivity (Wildman–Crippen MR) is 98.5 cm³/mol. The zero-order valence-corrected chi connectivity index (χ0v) is 15.5. The van der Waals surface area contributed by atoms with Crippen molar-refractivity contribution in [1.82, 2.24) is 5.32 Å². The van der Waals surface area contributed by atoms with Gasteiger partial charge in [-0.15, -0.1) is 11.8 Å². The van der Waals surface area contributed by atoms with Gasteiger partial charge in [-0.25, -0.2) is 0 Å². The summed E-state index contributed by atoms with van der Waals surface area (Å²) in [5, 5.41) is 14.6. The minimum absolute atomic E-state index is 0.0683. The van der Waals surface area contributed by atoms with E-state index in [4.69, 9.17) is 11.6 Å². The molecule has 1 aromatic carbocycles. The number of nitrogens with zero attached hydrogens (tertiary/aromatic N) is 1. The first-order valence-corrected chi connectivity index (χ1v) is 9.43. The van der Waals surface area contributed by atoms with E-state index in [-0.39, 0.29) is 17.1 Å². The van der Waals surface area contributed by atoms with E-state index >= 15 is 0 Å². The maximum Gasteiger partial charge on any atom is 0.162 e. The number of dihydropyridines is 1. The van der Waals surface area contributed by atoms with Crippen molar-refractivity contribution in [3.8, 4) is 6.07 Å². The summed E-state index contributed by atoms with van der Waals surface area (Å²) in [5.74, 6) is -0.184. The van der Waals surface area contributed by atoms with Crippen molar-refractivity contribution in [2.45, 2.75) is 32.6 Å². The van der Waals surface area contributed by atoms with E-state index in [1.807, 2.05) is 30.5 Å². The van der Waals surface area contributed by atoms with Crippen molar-refractivity contribution in [3.63, 3.8) is 0 Å². The van der Waals surface area contributed by atoms with E-state index in [1.165, 1.54) is 11.8 Å². The molecule has 5 heteroatoms. The van der Waals surface area contributed by atoms with Gasteiger partial charge in [-0.1, -0.05) is 37.6 Å². The number of nitrogens with one attached hydrogen (secondary N) is 1. The number of nitriles is 1. The fourth-order valence-electron chi connectivity index (χ4n) is 3.53. The monoisotopic (exact) mass is 358 g/mol. The van der Waals surface area contributed by atoms with Crippen LogP contribution in [0.4, 0.5) is 0 Å². The highest BCUT2D eigenvalue weighted by atomic mass is 35.5. The molecule has 0 bridgehead atoms. The summed E-state index contributed by atoms with van der Waals surface area (Å²) in [6.45, 7) is 4.21. The molecule has 1 heterocycles. The molecule has 1 atom stereocenters. The highest BCUT2D eigenvalue weighted by molar-refractivity contribution is 8.02. The predicted octanol–water partition coefficient (Wildman–Crippen LogP) is 4.77. The highest BCUT2D eigenvalue weighted by Crippen LogP contribution is 2.47. The second-order valence-electron chi connectivity index (χ2n) is 7.00. The van der Waals surface area contributed by atoms with E-state index in [2.05, 4.69) is 25.2 Å². The lowest BCUT2D eigenvalue weighted by Crippen LogP contribution is -2.36. The van der Waals surface area contributed by atoms with Gasteiger partial charge in [0.05, 0.1) is 22.6 Å². The summed E-state index contributed by atoms with van der Waals surface area (Å²) in [4.78, 5) is 12.9. The third-order valence-electron chi connectivity index (χ3n) is 4.53. The Hall–Kier alpha value is -1.70. The average molecular weight is 359 g/mol. The topological polar surface area (TPSA) is 52.9 Å². The molecular formula is C19H19ClN2OS. The summed E-state index contributed by atoms with van der Waals surface area (Å²) < 4.78 is 0. The smallest absolute Gasteiger partial charge is 0.162 e. The van der Waals surface area contributed by atoms with Gasteiger partial charge in [0.15, 0.2) is 5.78 Å². The second kappa shape index (κ2) is 6.31. The first-order chi connectivity index (χ1) is 11.4. The normalized spacial score (nSPS) is 22.8. The molecule has 2 aliphatic rings. The zero-order valence-electron chi connectivity index (χ0n) is 13.9. The first kappa shape index (κ1) is 17.1. The Bertz CT molecular complexity index is 800. The molecule has 24 heavy (non-hydrogen) atoms. The summed E-state index contributed by atoms with van der Waals surface area (Å²) in [5.41, 5.74) is 3.17. The quantitative estimate of drug-likeness (QED) is 0.827. The Morgan fingerprint density at radius 2 is 1.96 bits per heavy atom. The van der Waals surface area contributed by atoms with Gasteiger partial charge in [-0.2, -0.15) is 5.26 Å². The SMILES string of the molecule is CSC1=C(C#N)[C@@H](c2ccc(Cl)cc2)C2=C(CC(C)(C)CC2=O)N1. The Balaban J connectivity index is 2.19. The molecule has 0 radical (unpaired) electrons. The maximum atomic E-state index is 12.9. The number of benzene rings is 1. The van der Waals surface area contributed by atoms with Crippen molar-refractivity contribution < 1.29 is 4.79 Å². The summed E-state index contributed by atoms with van der Waals surface area (Å²) in [6.07, 6.45) is 3.26. The highest BCUT2D eigenvalue weighted by Gasteiger charge is 2.41. The van der Waals surface area contributed by atoms with E-state index in [1.54, 1.807) is 0 Å². The van der Waals surface area contributed by atoms with Crippen molar-refractivity contribution in [2.75, 3.05) is 6.26 Å². The third kappa shape index (κ3) is 2.99. The molecule has 1 aliphatic heterocycles. The molecule has 3 rings (SSSR count). The molecular weight excluding hydrogens is 340 g/mol. The zero-order chi connectivity index (χ0) is 17.5. The van der Waals surface area contributed by atoms with Crippen molar-refractivity contribution in [3.05, 3.63) is 56.7 Å². The maximum absolute atomic E-state index is 12.9. The molecule has 0 saturated carbocycles. The Morgan fingerprint density at radius 3 is 2.54 bits per heavy atom. The van der Waals surface area contributed by atoms with Crippen LogP contribution in [-0.2, 0) is 4.79 Å². The second-order valence-corrected chi connectivity index (χ2v) is 8.25. The summed E-state index contributed by atoms with van der Waals surface area (Å²) in [7, 11) is 0. The Labute approximate surface area is 151 Å². The van der Waals surface area contributed by atoms with Crippen molar-refractivity contribution >= 4 is 29.1 Å². The number of hydrogen-bond acceptors (Lipinski definition) is 4. The van der Waals surface area contributed by atoms with E-state index in [0.29, 0.717) is 17.0 Å². The van der Waals surface area contributed by atoms with Crippen molar-refractivity contribution in [1.29, 1.82) is 5.26 Å². The summed E-state index contributed by atoms with van der Waals surface area (Å²) >= 11 is 7.52. The number of rotatable bonds is 2. The van der Waals surface area contributed by atoms with Crippen molar-refractivity contribution in [2.24, 2.45) is 5.41 Å². The number of carbonyl (C=O) groups excluding carboxylic acids is 1. The minimum atomic E-state index is -0.311. The number of ketones is 1. The lowest BCUT2D eigenvalue weighted by molar-refractivity contribution is -0.118. The minimum Gasteiger partial charge on any atom is -0.352 e. The van der Waals surface area contributed by atoms with Gasteiger partial charge < -0.3 is 5.32 Å². The molecule has 0 amide bonds. The van der Waals surface area contributed by atoms with Crippen LogP contribution in [-0.4, -0.2) is 12.0 Å². The number of Topliss-reactive ketones (excluding diaryl/α,β-unsaturated/α-hetero) is 1. The van der Waals surface area contributed by atoms with E-state index in [0.717, 1.165) is 28.3 Å². The molecule has 124 valence electrons. The lowest BCUT2D eigenvalue weighted by Gasteiger charge is -2.38. The molecule has 0 spiro atoms. The standard InChI is InChI=1S/C19H19ClN2OS/c1-19(2)8-14-17(15(23)9-19)16(11-4-6-12(20)7-5-11)13(10-21)18(22-14)24-3/h4-7,16,22H,8-9H2,1-3H3/t16-/m1/s1. The third-order valence-corrected chi connectivity index (χ3v) is 5.52. The van der Waals surface area contributed by atoms with E-state index < -0.39 is 0 Å². The van der Waals surface area contributed by atoms with E-state index in [9.17, 15) is 10.1 Å². The fraction of sp³-hybridized carbons (Fsp3) is 0.368. The van der Waals surface area contributed by atoms with Crippen LogP contribution in [0.2, 0.25) is 5.02 Å². The molecule has 1 N–H and O–H groups in total. The van der Waals surface area contributed by atoms with Gasteiger partial charge in [0.2, 0.25) is 0 Å². The molecule has 0 aromatic heterocycles. The fourth-order valence-corrected chi connectivity index (χ4v) is 4.26. The van der Waals surface area contributed by atoms with Crippen LogP contribution >= 0.6 is 23.4 Å². The van der Waals surface area contributed by atoms with Gasteiger partial charge in [-0.05, 0) is 35.8 Å². The Morgan fingerprint density at radius 1 is 1.29 bits per heavy atom. The van der Waals surface area contributed by atoms with Crippen LogP contribution in [0.3, 0.4) is 0 Å². The van der Waals surface area contributed by atoms with Crippen LogP contribution < -0.4 is 5.32 Å². The molecule has 1 aliphatic carbocycles. The van der Waals surface area contributed by atoms with Crippen LogP contribution in [0.25, 0.3) is 0 Å². The number of carbonyl (C=O) groups is 1. The van der Waals surface area contributed by atoms with Crippen LogP contribution in [0.5, 0.6) is 0 Å². The summed E-state index contributed by atoms with van der Waals surface area (Å²) in [6, 6.07) is 9.75. The van der Waals surface area contributed by atoms with Gasteiger partial charge in [0.25, 0.3) is 0 Å². The molecule has 0 unspecified atom stereocenters. The molecule has 0 fully saturated rings. The average Bonchev–Trinajstić information content (AvgIpc) is 2.52. The molecule has 0 saturated heterocycles. The molecule has 1 aromatic rings. The first-order valence-electron chi connectivity index (χ1n) is 7.83. The number of halogens is 1. The van der Waals surface area contributed by atoms with Gasteiger partial charge >= 0.3 is 0 Å².